The van der Waals surface area contributed by atoms with E-state index in [0.29, 0.717) is 24.5 Å². The van der Waals surface area contributed by atoms with Gasteiger partial charge in [-0.2, -0.15) is 0 Å². The molecule has 0 aromatic heterocycles. The van der Waals surface area contributed by atoms with Gasteiger partial charge in [0.15, 0.2) is 5.78 Å². The molecule has 0 N–H and O–H groups in total. The Bertz CT molecular complexity index is 490. The summed E-state index contributed by atoms with van der Waals surface area (Å²) in [6, 6.07) is 6.18. The number of carbonyl (C=O) groups excluding carboxylic acids is 2. The van der Waals surface area contributed by atoms with Gasteiger partial charge in [0.1, 0.15) is 5.78 Å². The zero-order chi connectivity index (χ0) is 14.0. The summed E-state index contributed by atoms with van der Waals surface area (Å²) < 4.78 is 0. The van der Waals surface area contributed by atoms with E-state index in [9.17, 15) is 9.59 Å². The van der Waals surface area contributed by atoms with Crippen molar-refractivity contribution in [1.82, 2.24) is 0 Å². The average Bonchev–Trinajstić information content (AvgIpc) is 2.39. The van der Waals surface area contributed by atoms with Crippen molar-refractivity contribution >= 4 is 11.6 Å². The molecule has 2 rings (SSSR count). The van der Waals surface area contributed by atoms with Crippen molar-refractivity contribution in [3.05, 3.63) is 34.9 Å². The van der Waals surface area contributed by atoms with Crippen LogP contribution in [-0.4, -0.2) is 11.6 Å². The third kappa shape index (κ3) is 3.12. The molecular formula is C17H22O2. The second-order valence-corrected chi connectivity index (χ2v) is 5.91. The van der Waals surface area contributed by atoms with Crippen molar-refractivity contribution in [1.29, 1.82) is 0 Å². The lowest BCUT2D eigenvalue weighted by molar-refractivity contribution is -0.120. The molecule has 0 aliphatic heterocycles. The van der Waals surface area contributed by atoms with E-state index in [2.05, 4.69) is 19.9 Å². The van der Waals surface area contributed by atoms with Crippen LogP contribution >= 0.6 is 0 Å². The third-order valence-corrected chi connectivity index (χ3v) is 4.11. The molecule has 0 radical (unpaired) electrons. The van der Waals surface area contributed by atoms with Crippen molar-refractivity contribution in [2.24, 2.45) is 5.92 Å². The monoisotopic (exact) mass is 258 g/mol. The van der Waals surface area contributed by atoms with Gasteiger partial charge in [-0.25, -0.2) is 0 Å². The summed E-state index contributed by atoms with van der Waals surface area (Å²) in [6.45, 7) is 6.27. The second-order valence-electron chi connectivity index (χ2n) is 5.91. The maximum absolute atomic E-state index is 12.6. The van der Waals surface area contributed by atoms with E-state index in [-0.39, 0.29) is 11.7 Å². The lowest BCUT2D eigenvalue weighted by atomic mass is 9.81. The maximum Gasteiger partial charge on any atom is 0.166 e. The summed E-state index contributed by atoms with van der Waals surface area (Å²) in [5.74, 6) is 1.00. The van der Waals surface area contributed by atoms with Gasteiger partial charge in [-0.1, -0.05) is 26.0 Å². The molecule has 0 amide bonds. The van der Waals surface area contributed by atoms with E-state index >= 15 is 0 Å². The molecule has 0 spiro atoms. The summed E-state index contributed by atoms with van der Waals surface area (Å²) >= 11 is 0. The fraction of sp³-hybridized carbons (Fsp3) is 0.529. The Labute approximate surface area is 115 Å². The number of carbonyl (C=O) groups is 2. The van der Waals surface area contributed by atoms with Crippen LogP contribution in [-0.2, 0) is 4.79 Å². The Morgan fingerprint density at radius 3 is 2.42 bits per heavy atom. The molecule has 0 unspecified atom stereocenters. The fourth-order valence-electron chi connectivity index (χ4n) is 2.69. The molecule has 1 aliphatic rings. The van der Waals surface area contributed by atoms with Crippen LogP contribution in [0.4, 0.5) is 0 Å². The minimum absolute atomic E-state index is 0.0406. The number of aryl methyl sites for hydroxylation is 1. The third-order valence-electron chi connectivity index (χ3n) is 4.11. The van der Waals surface area contributed by atoms with Gasteiger partial charge < -0.3 is 0 Å². The molecule has 1 aliphatic carbocycles. The van der Waals surface area contributed by atoms with Gasteiger partial charge in [0.25, 0.3) is 0 Å². The zero-order valence-electron chi connectivity index (χ0n) is 12.0. The van der Waals surface area contributed by atoms with Crippen molar-refractivity contribution < 1.29 is 9.59 Å². The molecule has 102 valence electrons. The van der Waals surface area contributed by atoms with Crippen LogP contribution in [0.1, 0.15) is 66.9 Å². The molecular weight excluding hydrogens is 236 g/mol. The Morgan fingerprint density at radius 1 is 1.21 bits per heavy atom. The minimum atomic E-state index is 0.0406. The van der Waals surface area contributed by atoms with Crippen LogP contribution in [0.5, 0.6) is 0 Å². The topological polar surface area (TPSA) is 34.1 Å². The van der Waals surface area contributed by atoms with E-state index < -0.39 is 0 Å². The van der Waals surface area contributed by atoms with E-state index in [4.69, 9.17) is 0 Å². The van der Waals surface area contributed by atoms with E-state index in [1.165, 1.54) is 5.56 Å². The van der Waals surface area contributed by atoms with Gasteiger partial charge in [-0.15, -0.1) is 0 Å². The van der Waals surface area contributed by atoms with Crippen molar-refractivity contribution in [3.63, 3.8) is 0 Å². The van der Waals surface area contributed by atoms with Crippen LogP contribution in [0, 0.1) is 12.8 Å². The van der Waals surface area contributed by atoms with Gasteiger partial charge in [0.05, 0.1) is 0 Å². The van der Waals surface area contributed by atoms with Gasteiger partial charge in [0.2, 0.25) is 0 Å². The lowest BCUT2D eigenvalue weighted by Crippen LogP contribution is -2.22. The summed E-state index contributed by atoms with van der Waals surface area (Å²) in [5, 5.41) is 0. The summed E-state index contributed by atoms with van der Waals surface area (Å²) in [6.07, 6.45) is 2.59. The molecule has 19 heavy (non-hydrogen) atoms. The molecule has 0 saturated heterocycles. The van der Waals surface area contributed by atoms with Crippen molar-refractivity contribution in [3.8, 4) is 0 Å². The molecule has 1 fully saturated rings. The predicted molar refractivity (Wildman–Crippen MR) is 76.6 cm³/mol. The largest absolute Gasteiger partial charge is 0.300 e. The predicted octanol–water partition coefficient (Wildman–Crippen LogP) is 4.06. The normalized spacial score (nSPS) is 16.9. The number of hydrogen-bond donors (Lipinski definition) is 0. The highest BCUT2D eigenvalue weighted by Gasteiger charge is 2.26. The SMILES string of the molecule is Cc1ccc(C(C)C)cc1C(=O)C1CCC(=O)CC1. The first-order valence-corrected chi connectivity index (χ1v) is 7.15. The number of rotatable bonds is 3. The highest BCUT2D eigenvalue weighted by Crippen LogP contribution is 2.28. The fourth-order valence-corrected chi connectivity index (χ4v) is 2.69. The van der Waals surface area contributed by atoms with Crippen molar-refractivity contribution in [2.75, 3.05) is 0 Å². The van der Waals surface area contributed by atoms with Crippen LogP contribution in [0.25, 0.3) is 0 Å². The number of hydrogen-bond acceptors (Lipinski definition) is 2. The molecule has 0 heterocycles. The average molecular weight is 258 g/mol. The highest BCUT2D eigenvalue weighted by molar-refractivity contribution is 6.00. The van der Waals surface area contributed by atoms with Crippen molar-refractivity contribution in [2.45, 2.75) is 52.4 Å². The van der Waals surface area contributed by atoms with Gasteiger partial charge >= 0.3 is 0 Å². The lowest BCUT2D eigenvalue weighted by Gasteiger charge is -2.21. The molecule has 1 aromatic rings. The number of benzene rings is 1. The van der Waals surface area contributed by atoms with Crippen LogP contribution in [0.2, 0.25) is 0 Å². The standard InChI is InChI=1S/C17H22O2/c1-11(2)14-5-4-12(3)16(10-14)17(19)13-6-8-15(18)9-7-13/h4-5,10-11,13H,6-9H2,1-3H3. The molecule has 2 heteroatoms. The van der Waals surface area contributed by atoms with Crippen LogP contribution in [0.15, 0.2) is 18.2 Å². The second kappa shape index (κ2) is 5.68. The maximum atomic E-state index is 12.6. The van der Waals surface area contributed by atoms with Crippen LogP contribution < -0.4 is 0 Å². The molecule has 2 nitrogen and oxygen atoms in total. The first-order chi connectivity index (χ1) is 8.99. The van der Waals surface area contributed by atoms with E-state index in [1.807, 2.05) is 19.1 Å². The van der Waals surface area contributed by atoms with E-state index in [0.717, 1.165) is 24.0 Å². The van der Waals surface area contributed by atoms with Gasteiger partial charge in [0, 0.05) is 24.3 Å². The van der Waals surface area contributed by atoms with Gasteiger partial charge in [-0.3, -0.25) is 9.59 Å². The summed E-state index contributed by atoms with van der Waals surface area (Å²) in [4.78, 5) is 23.9. The first-order valence-electron chi connectivity index (χ1n) is 7.15. The Balaban J connectivity index is 2.23. The minimum Gasteiger partial charge on any atom is -0.300 e. The Hall–Kier alpha value is -1.44. The Morgan fingerprint density at radius 2 is 1.84 bits per heavy atom. The van der Waals surface area contributed by atoms with Gasteiger partial charge in [-0.05, 0) is 42.9 Å². The smallest absolute Gasteiger partial charge is 0.166 e. The van der Waals surface area contributed by atoms with Crippen LogP contribution in [0.3, 0.4) is 0 Å². The molecule has 1 aromatic carbocycles. The summed E-state index contributed by atoms with van der Waals surface area (Å²) in [7, 11) is 0. The molecule has 0 atom stereocenters. The number of Topliss-reactive ketones (excluding diaryl/α,β-unsaturated/α-hetero) is 2. The summed E-state index contributed by atoms with van der Waals surface area (Å²) in [5.41, 5.74) is 3.11. The quantitative estimate of drug-likeness (QED) is 0.766. The molecule has 1 saturated carbocycles. The number of ketones is 2. The van der Waals surface area contributed by atoms with E-state index in [1.54, 1.807) is 0 Å². The Kier molecular flexibility index (Phi) is 4.18. The molecule has 0 bridgehead atoms. The highest BCUT2D eigenvalue weighted by atomic mass is 16.1. The first kappa shape index (κ1) is 14.0. The zero-order valence-corrected chi connectivity index (χ0v) is 12.0.